The van der Waals surface area contributed by atoms with E-state index in [0.29, 0.717) is 5.75 Å². The molecule has 0 radical (unpaired) electrons. The van der Waals surface area contributed by atoms with Crippen LogP contribution in [-0.2, 0) is 0 Å². The van der Waals surface area contributed by atoms with E-state index in [1.807, 2.05) is 25.1 Å². The summed E-state index contributed by atoms with van der Waals surface area (Å²) in [5.41, 5.74) is 8.96. The maximum Gasteiger partial charge on any atom is 0.115 e. The molecule has 3 N–H and O–H groups in total. The SMILES string of the molecule is Cc1cccc(N)c1C.Oc1ccccc1. The van der Waals surface area contributed by atoms with Crippen LogP contribution in [0.2, 0.25) is 0 Å². The van der Waals surface area contributed by atoms with Crippen molar-refractivity contribution in [2.24, 2.45) is 0 Å². The average molecular weight is 215 g/mol. The number of nitrogen functional groups attached to an aromatic ring is 1. The lowest BCUT2D eigenvalue weighted by Crippen LogP contribution is -1.90. The van der Waals surface area contributed by atoms with Gasteiger partial charge in [-0.1, -0.05) is 30.3 Å². The van der Waals surface area contributed by atoms with Gasteiger partial charge in [0.15, 0.2) is 0 Å². The highest BCUT2D eigenvalue weighted by molar-refractivity contribution is 5.49. The first-order valence-electron chi connectivity index (χ1n) is 5.17. The number of hydrogen-bond acceptors (Lipinski definition) is 2. The van der Waals surface area contributed by atoms with Crippen LogP contribution in [0, 0.1) is 13.8 Å². The van der Waals surface area contributed by atoms with Crippen molar-refractivity contribution in [2.45, 2.75) is 13.8 Å². The summed E-state index contributed by atoms with van der Waals surface area (Å²) in [4.78, 5) is 0. The molecule has 0 amide bonds. The number of aryl methyl sites for hydroxylation is 1. The second-order valence-electron chi connectivity index (χ2n) is 3.62. The van der Waals surface area contributed by atoms with Crippen molar-refractivity contribution in [1.29, 1.82) is 0 Å². The minimum atomic E-state index is 0.322. The lowest BCUT2D eigenvalue weighted by molar-refractivity contribution is 0.475. The molecule has 0 saturated carbocycles. The minimum Gasteiger partial charge on any atom is -0.508 e. The molecule has 16 heavy (non-hydrogen) atoms. The first-order chi connectivity index (χ1) is 7.61. The van der Waals surface area contributed by atoms with Crippen LogP contribution in [0.25, 0.3) is 0 Å². The van der Waals surface area contributed by atoms with Gasteiger partial charge in [-0.15, -0.1) is 0 Å². The second kappa shape index (κ2) is 5.81. The maximum atomic E-state index is 8.63. The van der Waals surface area contributed by atoms with E-state index in [1.165, 1.54) is 11.1 Å². The lowest BCUT2D eigenvalue weighted by atomic mass is 10.1. The van der Waals surface area contributed by atoms with Gasteiger partial charge in [-0.3, -0.25) is 0 Å². The van der Waals surface area contributed by atoms with E-state index < -0.39 is 0 Å². The van der Waals surface area contributed by atoms with Crippen molar-refractivity contribution in [2.75, 3.05) is 5.73 Å². The van der Waals surface area contributed by atoms with Crippen molar-refractivity contribution in [3.63, 3.8) is 0 Å². The molecule has 0 atom stereocenters. The number of hydrogen-bond donors (Lipinski definition) is 2. The molecule has 84 valence electrons. The normalized spacial score (nSPS) is 9.12. The van der Waals surface area contributed by atoms with Gasteiger partial charge in [0.05, 0.1) is 0 Å². The van der Waals surface area contributed by atoms with Gasteiger partial charge in [0.25, 0.3) is 0 Å². The van der Waals surface area contributed by atoms with Crippen LogP contribution < -0.4 is 5.73 Å². The smallest absolute Gasteiger partial charge is 0.115 e. The number of phenols is 1. The second-order valence-corrected chi connectivity index (χ2v) is 3.62. The fourth-order valence-electron chi connectivity index (χ4n) is 1.20. The van der Waals surface area contributed by atoms with E-state index >= 15 is 0 Å². The zero-order valence-electron chi connectivity index (χ0n) is 9.64. The van der Waals surface area contributed by atoms with Gasteiger partial charge >= 0.3 is 0 Å². The van der Waals surface area contributed by atoms with Crippen molar-refractivity contribution in [3.05, 3.63) is 59.7 Å². The highest BCUT2D eigenvalue weighted by Crippen LogP contribution is 2.13. The summed E-state index contributed by atoms with van der Waals surface area (Å²) in [5, 5.41) is 8.63. The third kappa shape index (κ3) is 3.65. The Morgan fingerprint density at radius 3 is 1.88 bits per heavy atom. The first kappa shape index (κ1) is 12.1. The van der Waals surface area contributed by atoms with Crippen LogP contribution in [0.1, 0.15) is 11.1 Å². The zero-order chi connectivity index (χ0) is 12.0. The van der Waals surface area contributed by atoms with E-state index in [0.717, 1.165) is 5.69 Å². The van der Waals surface area contributed by atoms with Crippen molar-refractivity contribution >= 4 is 5.69 Å². The molecule has 0 unspecified atom stereocenters. The molecule has 0 fully saturated rings. The third-order valence-electron chi connectivity index (χ3n) is 2.40. The van der Waals surface area contributed by atoms with Crippen LogP contribution in [0.4, 0.5) is 5.69 Å². The topological polar surface area (TPSA) is 46.2 Å². The molecule has 0 saturated heterocycles. The first-order valence-corrected chi connectivity index (χ1v) is 5.17. The van der Waals surface area contributed by atoms with Gasteiger partial charge in [-0.2, -0.15) is 0 Å². The standard InChI is InChI=1S/C8H11N.C6H6O/c1-6-4-3-5-8(9)7(6)2;7-6-4-2-1-3-5-6/h3-5H,9H2,1-2H3;1-5,7H. The highest BCUT2D eigenvalue weighted by atomic mass is 16.3. The quantitative estimate of drug-likeness (QED) is 0.662. The molecular formula is C14H17NO. The molecule has 2 rings (SSSR count). The van der Waals surface area contributed by atoms with Crippen molar-refractivity contribution < 1.29 is 5.11 Å². The van der Waals surface area contributed by atoms with E-state index in [-0.39, 0.29) is 0 Å². The summed E-state index contributed by atoms with van der Waals surface area (Å²) in [6.45, 7) is 4.09. The monoisotopic (exact) mass is 215 g/mol. The molecule has 0 heterocycles. The van der Waals surface area contributed by atoms with Gasteiger partial charge in [-0.05, 0) is 43.2 Å². The molecule has 0 aromatic heterocycles. The summed E-state index contributed by atoms with van der Waals surface area (Å²) in [6, 6.07) is 14.7. The Morgan fingerprint density at radius 1 is 0.875 bits per heavy atom. The predicted octanol–water partition coefficient (Wildman–Crippen LogP) is 3.28. The summed E-state index contributed by atoms with van der Waals surface area (Å²) in [7, 11) is 0. The number of phenolic OH excluding ortho intramolecular Hbond substituents is 1. The van der Waals surface area contributed by atoms with Gasteiger partial charge < -0.3 is 10.8 Å². The highest BCUT2D eigenvalue weighted by Gasteiger charge is 1.92. The summed E-state index contributed by atoms with van der Waals surface area (Å²) < 4.78 is 0. The Labute approximate surface area is 96.4 Å². The number of anilines is 1. The van der Waals surface area contributed by atoms with Crippen LogP contribution in [-0.4, -0.2) is 5.11 Å². The molecule has 0 aliphatic heterocycles. The van der Waals surface area contributed by atoms with E-state index in [2.05, 4.69) is 13.0 Å². The summed E-state index contributed by atoms with van der Waals surface area (Å²) >= 11 is 0. The van der Waals surface area contributed by atoms with Gasteiger partial charge in [0, 0.05) is 5.69 Å². The number of para-hydroxylation sites is 1. The Hall–Kier alpha value is -1.96. The summed E-state index contributed by atoms with van der Waals surface area (Å²) in [6.07, 6.45) is 0. The molecule has 0 aliphatic rings. The Kier molecular flexibility index (Phi) is 4.40. The molecule has 0 bridgehead atoms. The van der Waals surface area contributed by atoms with E-state index in [4.69, 9.17) is 10.8 Å². The van der Waals surface area contributed by atoms with Crippen LogP contribution in [0.15, 0.2) is 48.5 Å². The van der Waals surface area contributed by atoms with Gasteiger partial charge in [0.1, 0.15) is 5.75 Å². The van der Waals surface area contributed by atoms with Crippen LogP contribution in [0.3, 0.4) is 0 Å². The minimum absolute atomic E-state index is 0.322. The fourth-order valence-corrected chi connectivity index (χ4v) is 1.20. The summed E-state index contributed by atoms with van der Waals surface area (Å²) in [5.74, 6) is 0.322. The molecule has 0 aliphatic carbocycles. The molecule has 2 nitrogen and oxygen atoms in total. The molecular weight excluding hydrogens is 198 g/mol. The number of nitrogens with two attached hydrogens (primary N) is 1. The molecule has 0 spiro atoms. The predicted molar refractivity (Wildman–Crippen MR) is 68.4 cm³/mol. The Bertz CT molecular complexity index is 417. The van der Waals surface area contributed by atoms with Crippen molar-refractivity contribution in [1.82, 2.24) is 0 Å². The Balaban J connectivity index is 0.000000165. The van der Waals surface area contributed by atoms with E-state index in [9.17, 15) is 0 Å². The largest absolute Gasteiger partial charge is 0.508 e. The van der Waals surface area contributed by atoms with Crippen LogP contribution in [0.5, 0.6) is 5.75 Å². The third-order valence-corrected chi connectivity index (χ3v) is 2.40. The van der Waals surface area contributed by atoms with Crippen LogP contribution >= 0.6 is 0 Å². The average Bonchev–Trinajstić information content (AvgIpc) is 2.28. The molecule has 2 aromatic carbocycles. The number of benzene rings is 2. The Morgan fingerprint density at radius 2 is 1.50 bits per heavy atom. The van der Waals surface area contributed by atoms with E-state index in [1.54, 1.807) is 24.3 Å². The molecule has 2 aromatic rings. The zero-order valence-corrected chi connectivity index (χ0v) is 9.64. The van der Waals surface area contributed by atoms with Gasteiger partial charge in [-0.25, -0.2) is 0 Å². The van der Waals surface area contributed by atoms with Gasteiger partial charge in [0.2, 0.25) is 0 Å². The van der Waals surface area contributed by atoms with Crippen molar-refractivity contribution in [3.8, 4) is 5.75 Å². The lowest BCUT2D eigenvalue weighted by Gasteiger charge is -2.00. The maximum absolute atomic E-state index is 8.63. The fraction of sp³-hybridized carbons (Fsp3) is 0.143. The number of aromatic hydroxyl groups is 1. The molecule has 2 heteroatoms. The number of rotatable bonds is 0.